The molecule has 0 radical (unpaired) electrons. The Morgan fingerprint density at radius 3 is 2.23 bits per heavy atom. The predicted molar refractivity (Wildman–Crippen MR) is 99.6 cm³/mol. The fourth-order valence-corrected chi connectivity index (χ4v) is 4.44. The van der Waals surface area contributed by atoms with Crippen LogP contribution >= 0.6 is 0 Å². The van der Waals surface area contributed by atoms with Gasteiger partial charge in [0.15, 0.2) is 9.84 Å². The third-order valence-corrected chi connectivity index (χ3v) is 5.96. The van der Waals surface area contributed by atoms with Crippen molar-refractivity contribution in [3.63, 3.8) is 0 Å². The van der Waals surface area contributed by atoms with Crippen molar-refractivity contribution in [2.45, 2.75) is 36.7 Å². The van der Waals surface area contributed by atoms with Crippen LogP contribution in [-0.4, -0.2) is 32.8 Å². The van der Waals surface area contributed by atoms with Crippen LogP contribution in [-0.2, 0) is 38.8 Å². The van der Waals surface area contributed by atoms with Gasteiger partial charge in [-0.15, -0.1) is 0 Å². The van der Waals surface area contributed by atoms with Crippen molar-refractivity contribution in [1.82, 2.24) is 5.32 Å². The van der Waals surface area contributed by atoms with E-state index in [1.807, 2.05) is 24.3 Å². The molecule has 1 N–H and O–H groups in total. The average molecular weight is 373 g/mol. The van der Waals surface area contributed by atoms with Gasteiger partial charge in [0.05, 0.1) is 11.5 Å². The zero-order chi connectivity index (χ0) is 18.8. The van der Waals surface area contributed by atoms with E-state index in [1.54, 1.807) is 31.2 Å². The van der Waals surface area contributed by atoms with E-state index in [0.717, 1.165) is 11.1 Å². The summed E-state index contributed by atoms with van der Waals surface area (Å²) in [5.41, 5.74) is 2.01. The topological polar surface area (TPSA) is 72.5 Å². The molecule has 0 bridgehead atoms. The average Bonchev–Trinajstić information content (AvgIpc) is 2.99. The second kappa shape index (κ2) is 7.21. The summed E-state index contributed by atoms with van der Waals surface area (Å²) >= 11 is 0. The Labute approximate surface area is 154 Å². The van der Waals surface area contributed by atoms with E-state index in [0.29, 0.717) is 25.0 Å². The molecule has 0 saturated carbocycles. The number of carbonyl (C=O) groups excluding carboxylic acids is 1. The number of ether oxygens (including phenoxy) is 1. The molecule has 1 aliphatic carbocycles. The molecule has 6 heteroatoms. The maximum absolute atomic E-state index is 12.7. The molecule has 138 valence electrons. The molecule has 0 amide bonds. The van der Waals surface area contributed by atoms with Gasteiger partial charge in [-0.05, 0) is 29.7 Å². The Hall–Kier alpha value is -2.18. The molecule has 0 spiro atoms. The maximum Gasteiger partial charge on any atom is 0.327 e. The molecule has 2 aromatic carbocycles. The summed E-state index contributed by atoms with van der Waals surface area (Å²) in [6, 6.07) is 14.8. The van der Waals surface area contributed by atoms with Gasteiger partial charge < -0.3 is 4.74 Å². The molecule has 0 heterocycles. The molecule has 0 atom stereocenters. The highest BCUT2D eigenvalue weighted by Gasteiger charge is 2.44. The highest BCUT2D eigenvalue weighted by atomic mass is 32.2. The number of nitrogens with one attached hydrogen (secondary N) is 1. The van der Waals surface area contributed by atoms with Crippen molar-refractivity contribution in [1.29, 1.82) is 0 Å². The summed E-state index contributed by atoms with van der Waals surface area (Å²) in [6.07, 6.45) is 2.25. The lowest BCUT2D eigenvalue weighted by molar-refractivity contribution is -0.151. The van der Waals surface area contributed by atoms with Crippen molar-refractivity contribution in [3.8, 4) is 0 Å². The summed E-state index contributed by atoms with van der Waals surface area (Å²) in [5, 5.41) is 3.32. The van der Waals surface area contributed by atoms with Crippen molar-refractivity contribution in [2.75, 3.05) is 12.9 Å². The van der Waals surface area contributed by atoms with Crippen molar-refractivity contribution in [3.05, 3.63) is 65.2 Å². The van der Waals surface area contributed by atoms with Crippen LogP contribution in [0.5, 0.6) is 0 Å². The summed E-state index contributed by atoms with van der Waals surface area (Å²) in [4.78, 5) is 13.0. The van der Waals surface area contributed by atoms with E-state index in [9.17, 15) is 13.2 Å². The zero-order valence-electron chi connectivity index (χ0n) is 15.0. The van der Waals surface area contributed by atoms with Gasteiger partial charge in [0.25, 0.3) is 0 Å². The van der Waals surface area contributed by atoms with Gasteiger partial charge in [0.2, 0.25) is 0 Å². The molecular weight excluding hydrogens is 350 g/mol. The van der Waals surface area contributed by atoms with Crippen LogP contribution in [0.15, 0.2) is 53.4 Å². The summed E-state index contributed by atoms with van der Waals surface area (Å²) in [5.74, 6) is -0.298. The first kappa shape index (κ1) is 18.6. The lowest BCUT2D eigenvalue weighted by Crippen LogP contribution is -2.53. The van der Waals surface area contributed by atoms with Crippen molar-refractivity contribution < 1.29 is 17.9 Å². The van der Waals surface area contributed by atoms with E-state index < -0.39 is 15.4 Å². The minimum absolute atomic E-state index is 0.274. The minimum atomic E-state index is -3.34. The van der Waals surface area contributed by atoms with Crippen LogP contribution < -0.4 is 5.32 Å². The van der Waals surface area contributed by atoms with E-state index in [2.05, 4.69) is 5.32 Å². The molecule has 26 heavy (non-hydrogen) atoms. The van der Waals surface area contributed by atoms with Gasteiger partial charge in [-0.1, -0.05) is 42.5 Å². The van der Waals surface area contributed by atoms with Crippen LogP contribution in [0.3, 0.4) is 0 Å². The van der Waals surface area contributed by atoms with Gasteiger partial charge >= 0.3 is 5.97 Å². The third-order valence-electron chi connectivity index (χ3n) is 4.76. The van der Waals surface area contributed by atoms with Crippen LogP contribution in [0.2, 0.25) is 0 Å². The number of hydrogen-bond acceptors (Lipinski definition) is 5. The number of hydrogen-bond donors (Lipinski definition) is 1. The van der Waals surface area contributed by atoms with Gasteiger partial charge in [0.1, 0.15) is 5.54 Å². The second-order valence-electron chi connectivity index (χ2n) is 6.66. The smallest absolute Gasteiger partial charge is 0.327 e. The number of sulfone groups is 1. The molecule has 5 nitrogen and oxygen atoms in total. The highest BCUT2D eigenvalue weighted by molar-refractivity contribution is 7.90. The van der Waals surface area contributed by atoms with E-state index >= 15 is 0 Å². The number of esters is 1. The van der Waals surface area contributed by atoms with Gasteiger partial charge in [-0.25, -0.2) is 8.42 Å². The van der Waals surface area contributed by atoms with E-state index in [4.69, 9.17) is 4.74 Å². The Morgan fingerprint density at radius 2 is 1.65 bits per heavy atom. The molecule has 0 saturated heterocycles. The van der Waals surface area contributed by atoms with Crippen molar-refractivity contribution in [2.24, 2.45) is 0 Å². The number of rotatable bonds is 6. The number of benzene rings is 2. The lowest BCUT2D eigenvalue weighted by Gasteiger charge is -2.28. The Balaban J connectivity index is 1.89. The lowest BCUT2D eigenvalue weighted by atomic mass is 9.95. The molecule has 1 aliphatic rings. The summed E-state index contributed by atoms with van der Waals surface area (Å²) in [7, 11) is -3.34. The first-order valence-corrected chi connectivity index (χ1v) is 10.5. The first-order valence-electron chi connectivity index (χ1n) is 8.63. The Kier molecular flexibility index (Phi) is 5.16. The van der Waals surface area contributed by atoms with Crippen LogP contribution in [0, 0.1) is 0 Å². The van der Waals surface area contributed by atoms with Gasteiger partial charge in [0, 0.05) is 25.6 Å². The Morgan fingerprint density at radius 1 is 1.08 bits per heavy atom. The second-order valence-corrected chi connectivity index (χ2v) is 8.64. The Bertz CT molecular complexity index is 896. The molecule has 2 aromatic rings. The molecule has 3 rings (SSSR count). The fraction of sp³-hybridized carbons (Fsp3) is 0.350. The maximum atomic E-state index is 12.7. The fourth-order valence-electron chi connectivity index (χ4n) is 3.50. The highest BCUT2D eigenvalue weighted by Crippen LogP contribution is 2.32. The van der Waals surface area contributed by atoms with Crippen LogP contribution in [0.1, 0.15) is 23.6 Å². The molecule has 0 aliphatic heterocycles. The van der Waals surface area contributed by atoms with Gasteiger partial charge in [-0.2, -0.15) is 0 Å². The summed E-state index contributed by atoms with van der Waals surface area (Å²) in [6.45, 7) is 2.36. The number of carbonyl (C=O) groups is 1. The SMILES string of the molecule is CCOC(=O)C1(NCc2ccccc2S(C)(=O)=O)Cc2ccccc2C1. The number of fused-ring (bicyclic) bond motifs is 1. The molecule has 0 unspecified atom stereocenters. The molecule has 0 aromatic heterocycles. The monoisotopic (exact) mass is 373 g/mol. The third kappa shape index (κ3) is 3.66. The normalized spacial score (nSPS) is 15.5. The minimum Gasteiger partial charge on any atom is -0.465 e. The van der Waals surface area contributed by atoms with Crippen molar-refractivity contribution >= 4 is 15.8 Å². The van der Waals surface area contributed by atoms with Gasteiger partial charge in [-0.3, -0.25) is 10.1 Å². The van der Waals surface area contributed by atoms with Crippen LogP contribution in [0.25, 0.3) is 0 Å². The first-order chi connectivity index (χ1) is 12.4. The molecule has 0 fully saturated rings. The quantitative estimate of drug-likeness (QED) is 0.787. The predicted octanol–water partition coefficient (Wildman–Crippen LogP) is 2.28. The van der Waals surface area contributed by atoms with E-state index in [1.165, 1.54) is 6.26 Å². The zero-order valence-corrected chi connectivity index (χ0v) is 15.8. The largest absolute Gasteiger partial charge is 0.465 e. The molecular formula is C20H23NO4S. The summed E-state index contributed by atoms with van der Waals surface area (Å²) < 4.78 is 29.4. The van der Waals surface area contributed by atoms with E-state index in [-0.39, 0.29) is 17.4 Å². The standard InChI is InChI=1S/C20H23NO4S/c1-3-25-19(22)20(12-15-8-4-5-9-16(15)13-20)21-14-17-10-6-7-11-18(17)26(2,23)24/h4-11,21H,3,12-14H2,1-2H3. The van der Waals surface area contributed by atoms with Crippen LogP contribution in [0.4, 0.5) is 0 Å².